The SMILES string of the molecule is CCNC(=O)[C@]1(Cc2ccc(-c3cccs3)cc2)CN(C(=O)CC)CCO1. The topological polar surface area (TPSA) is 58.6 Å². The monoisotopic (exact) mass is 386 g/mol. The zero-order valence-electron chi connectivity index (χ0n) is 15.9. The fourth-order valence-electron chi connectivity index (χ4n) is 3.43. The molecule has 0 radical (unpaired) electrons. The van der Waals surface area contributed by atoms with Gasteiger partial charge >= 0.3 is 0 Å². The van der Waals surface area contributed by atoms with E-state index in [-0.39, 0.29) is 18.4 Å². The van der Waals surface area contributed by atoms with Crippen molar-refractivity contribution in [2.75, 3.05) is 26.2 Å². The van der Waals surface area contributed by atoms with Gasteiger partial charge in [-0.2, -0.15) is 0 Å². The molecule has 2 heterocycles. The van der Waals surface area contributed by atoms with E-state index < -0.39 is 5.60 Å². The molecule has 0 bridgehead atoms. The number of hydrogen-bond acceptors (Lipinski definition) is 4. The van der Waals surface area contributed by atoms with Gasteiger partial charge < -0.3 is 15.0 Å². The van der Waals surface area contributed by atoms with Crippen LogP contribution in [0.2, 0.25) is 0 Å². The van der Waals surface area contributed by atoms with Gasteiger partial charge in [-0.15, -0.1) is 11.3 Å². The predicted octanol–water partition coefficient (Wildman–Crippen LogP) is 3.10. The second kappa shape index (κ2) is 8.67. The molecule has 0 aliphatic carbocycles. The standard InChI is InChI=1S/C21H26N2O3S/c1-3-19(24)23-11-12-26-21(15-23,20(25)22-4-2)14-16-7-9-17(10-8-16)18-6-5-13-27-18/h5-10,13H,3-4,11-12,14-15H2,1-2H3,(H,22,25)/t21-/m0/s1. The number of carbonyl (C=O) groups is 2. The number of thiophene rings is 1. The van der Waals surface area contributed by atoms with Crippen molar-refractivity contribution in [2.24, 2.45) is 0 Å². The lowest BCUT2D eigenvalue weighted by Crippen LogP contribution is -2.62. The Morgan fingerprint density at radius 3 is 2.63 bits per heavy atom. The number of likely N-dealkylation sites (N-methyl/N-ethyl adjacent to an activating group) is 1. The maximum absolute atomic E-state index is 12.9. The first-order valence-corrected chi connectivity index (χ1v) is 10.3. The van der Waals surface area contributed by atoms with E-state index in [0.717, 1.165) is 11.1 Å². The van der Waals surface area contributed by atoms with Crippen molar-refractivity contribution in [1.82, 2.24) is 10.2 Å². The maximum atomic E-state index is 12.9. The Morgan fingerprint density at radius 2 is 2.00 bits per heavy atom. The van der Waals surface area contributed by atoms with Gasteiger partial charge in [-0.25, -0.2) is 0 Å². The van der Waals surface area contributed by atoms with Gasteiger partial charge in [0.15, 0.2) is 5.60 Å². The first-order valence-electron chi connectivity index (χ1n) is 9.41. The molecule has 144 valence electrons. The van der Waals surface area contributed by atoms with Crippen molar-refractivity contribution >= 4 is 23.2 Å². The number of amides is 2. The summed E-state index contributed by atoms with van der Waals surface area (Å²) < 4.78 is 6.01. The summed E-state index contributed by atoms with van der Waals surface area (Å²) in [4.78, 5) is 28.0. The van der Waals surface area contributed by atoms with E-state index in [1.165, 1.54) is 4.88 Å². The summed E-state index contributed by atoms with van der Waals surface area (Å²) in [5, 5.41) is 4.95. The van der Waals surface area contributed by atoms with Crippen LogP contribution in [0.3, 0.4) is 0 Å². The summed E-state index contributed by atoms with van der Waals surface area (Å²) in [6, 6.07) is 12.4. The van der Waals surface area contributed by atoms with E-state index in [1.807, 2.05) is 32.0 Å². The number of ether oxygens (including phenoxy) is 1. The van der Waals surface area contributed by atoms with Crippen molar-refractivity contribution < 1.29 is 14.3 Å². The van der Waals surface area contributed by atoms with Gasteiger partial charge in [0.05, 0.1) is 13.2 Å². The smallest absolute Gasteiger partial charge is 0.254 e. The van der Waals surface area contributed by atoms with Gasteiger partial charge in [-0.3, -0.25) is 9.59 Å². The number of benzene rings is 1. The Balaban J connectivity index is 1.83. The van der Waals surface area contributed by atoms with Crippen LogP contribution in [0.5, 0.6) is 0 Å². The second-order valence-electron chi connectivity index (χ2n) is 6.72. The minimum absolute atomic E-state index is 0.0556. The molecule has 1 aliphatic rings. The van der Waals surface area contributed by atoms with Crippen molar-refractivity contribution in [3.8, 4) is 10.4 Å². The van der Waals surface area contributed by atoms with Crippen LogP contribution in [0, 0.1) is 0 Å². The number of nitrogens with zero attached hydrogens (tertiary/aromatic N) is 1. The van der Waals surface area contributed by atoms with Crippen LogP contribution < -0.4 is 5.32 Å². The van der Waals surface area contributed by atoms with Crippen molar-refractivity contribution in [3.63, 3.8) is 0 Å². The molecule has 2 aromatic rings. The van der Waals surface area contributed by atoms with Gasteiger partial charge in [-0.1, -0.05) is 37.3 Å². The fourth-order valence-corrected chi connectivity index (χ4v) is 4.16. The highest BCUT2D eigenvalue weighted by Crippen LogP contribution is 2.28. The first-order chi connectivity index (χ1) is 13.1. The van der Waals surface area contributed by atoms with E-state index in [4.69, 9.17) is 4.74 Å². The van der Waals surface area contributed by atoms with Gasteiger partial charge in [0, 0.05) is 30.8 Å². The summed E-state index contributed by atoms with van der Waals surface area (Å²) >= 11 is 1.70. The number of rotatable bonds is 6. The van der Waals surface area contributed by atoms with Crippen molar-refractivity contribution in [2.45, 2.75) is 32.3 Å². The van der Waals surface area contributed by atoms with E-state index >= 15 is 0 Å². The molecule has 1 atom stereocenters. The van der Waals surface area contributed by atoms with Crippen LogP contribution in [-0.2, 0) is 20.7 Å². The summed E-state index contributed by atoms with van der Waals surface area (Å²) in [5.74, 6) is -0.0963. The first kappa shape index (κ1) is 19.6. The highest BCUT2D eigenvalue weighted by molar-refractivity contribution is 7.13. The second-order valence-corrected chi connectivity index (χ2v) is 7.67. The number of hydrogen-bond donors (Lipinski definition) is 1. The third kappa shape index (κ3) is 4.39. The van der Waals surface area contributed by atoms with Gasteiger partial charge in [0.2, 0.25) is 5.91 Å². The zero-order chi connectivity index (χ0) is 19.3. The molecule has 6 heteroatoms. The van der Waals surface area contributed by atoms with E-state index in [2.05, 4.69) is 28.9 Å². The Hall–Kier alpha value is -2.18. The zero-order valence-corrected chi connectivity index (χ0v) is 16.7. The minimum Gasteiger partial charge on any atom is -0.361 e. The Morgan fingerprint density at radius 1 is 1.22 bits per heavy atom. The van der Waals surface area contributed by atoms with Gasteiger partial charge in [0.25, 0.3) is 5.91 Å². The van der Waals surface area contributed by atoms with Crippen LogP contribution >= 0.6 is 11.3 Å². The third-order valence-electron chi connectivity index (χ3n) is 4.84. The van der Waals surface area contributed by atoms with Crippen LogP contribution in [0.4, 0.5) is 0 Å². The molecular weight excluding hydrogens is 360 g/mol. The minimum atomic E-state index is -1.04. The lowest BCUT2D eigenvalue weighted by molar-refractivity contribution is -0.165. The molecule has 0 unspecified atom stereocenters. The molecule has 1 aromatic heterocycles. The number of carbonyl (C=O) groups excluding carboxylic acids is 2. The molecule has 1 fully saturated rings. The third-order valence-corrected chi connectivity index (χ3v) is 5.76. The Labute approximate surface area is 164 Å². The molecule has 1 N–H and O–H groups in total. The molecule has 0 saturated carbocycles. The molecule has 1 saturated heterocycles. The molecule has 0 spiro atoms. The highest BCUT2D eigenvalue weighted by atomic mass is 32.1. The lowest BCUT2D eigenvalue weighted by atomic mass is 9.90. The largest absolute Gasteiger partial charge is 0.361 e. The molecule has 3 rings (SSSR count). The number of morpholine rings is 1. The van der Waals surface area contributed by atoms with Crippen LogP contribution in [-0.4, -0.2) is 48.6 Å². The lowest BCUT2D eigenvalue weighted by Gasteiger charge is -2.41. The normalized spacial score (nSPS) is 19.7. The predicted molar refractivity (Wildman–Crippen MR) is 108 cm³/mol. The van der Waals surface area contributed by atoms with Gasteiger partial charge in [-0.05, 0) is 29.5 Å². The van der Waals surface area contributed by atoms with Crippen LogP contribution in [0.25, 0.3) is 10.4 Å². The summed E-state index contributed by atoms with van der Waals surface area (Å²) in [6.45, 7) is 5.45. The molecule has 1 aliphatic heterocycles. The van der Waals surface area contributed by atoms with Crippen LogP contribution in [0.1, 0.15) is 25.8 Å². The Bertz CT molecular complexity index is 773. The average Bonchev–Trinajstić information content (AvgIpc) is 3.23. The van der Waals surface area contributed by atoms with E-state index in [1.54, 1.807) is 16.2 Å². The quantitative estimate of drug-likeness (QED) is 0.830. The molecule has 27 heavy (non-hydrogen) atoms. The highest BCUT2D eigenvalue weighted by Gasteiger charge is 2.44. The van der Waals surface area contributed by atoms with E-state index in [0.29, 0.717) is 32.5 Å². The number of nitrogens with one attached hydrogen (secondary N) is 1. The summed E-state index contributed by atoms with van der Waals surface area (Å²) in [5.41, 5.74) is 1.14. The Kier molecular flexibility index (Phi) is 6.29. The summed E-state index contributed by atoms with van der Waals surface area (Å²) in [7, 11) is 0. The maximum Gasteiger partial charge on any atom is 0.254 e. The summed E-state index contributed by atoms with van der Waals surface area (Å²) in [6.07, 6.45) is 0.873. The van der Waals surface area contributed by atoms with Crippen molar-refractivity contribution in [3.05, 3.63) is 47.3 Å². The molecule has 5 nitrogen and oxygen atoms in total. The van der Waals surface area contributed by atoms with Gasteiger partial charge in [0.1, 0.15) is 0 Å². The van der Waals surface area contributed by atoms with E-state index in [9.17, 15) is 9.59 Å². The van der Waals surface area contributed by atoms with Crippen molar-refractivity contribution in [1.29, 1.82) is 0 Å². The fraction of sp³-hybridized carbons (Fsp3) is 0.429. The molecular formula is C21H26N2O3S. The van der Waals surface area contributed by atoms with Crippen LogP contribution in [0.15, 0.2) is 41.8 Å². The average molecular weight is 387 g/mol. The molecule has 2 amide bonds. The molecule has 1 aromatic carbocycles.